The van der Waals surface area contributed by atoms with Gasteiger partial charge in [-0.2, -0.15) is 4.98 Å². The molecule has 5 nitrogen and oxygen atoms in total. The molecule has 1 N–H and O–H groups in total. The van der Waals surface area contributed by atoms with Crippen molar-refractivity contribution in [3.8, 4) is 0 Å². The molecule has 0 aliphatic carbocycles. The van der Waals surface area contributed by atoms with Crippen LogP contribution < -0.4 is 11.1 Å². The Balaban J connectivity index is 2.87. The van der Waals surface area contributed by atoms with Crippen LogP contribution in [0.5, 0.6) is 0 Å². The molecular weight excluding hydrogens is 294 g/mol. The van der Waals surface area contributed by atoms with Crippen LogP contribution in [0.25, 0.3) is 0 Å². The summed E-state index contributed by atoms with van der Waals surface area (Å²) in [6.45, 7) is 4.22. The molecule has 0 atom stereocenters. The van der Waals surface area contributed by atoms with Crippen LogP contribution in [0.3, 0.4) is 0 Å². The predicted octanol–water partition coefficient (Wildman–Crippen LogP) is 0.982. The topological polar surface area (TPSA) is 67.8 Å². The summed E-state index contributed by atoms with van der Waals surface area (Å²) >= 11 is 4.88. The molecule has 90 valence electrons. The minimum Gasteiger partial charge on any atom is -0.265 e. The minimum atomic E-state index is -0.739. The van der Waals surface area contributed by atoms with Crippen molar-refractivity contribution in [2.45, 2.75) is 19.0 Å². The van der Waals surface area contributed by atoms with E-state index in [1.807, 2.05) is 0 Å². The van der Waals surface area contributed by atoms with Gasteiger partial charge in [-0.15, -0.1) is 0 Å². The molecule has 0 amide bonds. The molecule has 16 heavy (non-hydrogen) atoms. The molecule has 0 aliphatic heterocycles. The van der Waals surface area contributed by atoms with E-state index in [0.717, 1.165) is 11.1 Å². The molecule has 0 unspecified atom stereocenters. The van der Waals surface area contributed by atoms with Crippen molar-refractivity contribution in [1.29, 1.82) is 0 Å². The van der Waals surface area contributed by atoms with Crippen molar-refractivity contribution in [1.82, 2.24) is 14.8 Å². The molecule has 0 aliphatic rings. The van der Waals surface area contributed by atoms with E-state index < -0.39 is 11.1 Å². The Bertz CT molecular complexity index is 480. The molecule has 1 aromatic heterocycles. The molecule has 1 rings (SSSR count). The van der Waals surface area contributed by atoms with Crippen LogP contribution in [0, 0.1) is 5.41 Å². The maximum Gasteiger partial charge on any atom is 0.339 e. The number of hydrogen-bond acceptors (Lipinski definition) is 4. The lowest BCUT2D eigenvalue weighted by atomic mass is 10.0. The molecule has 0 spiro atoms. The number of aromatic amines is 1. The number of H-pyrrole nitrogens is 1. The van der Waals surface area contributed by atoms with Crippen molar-refractivity contribution in [2.75, 3.05) is 11.1 Å². The van der Waals surface area contributed by atoms with Crippen molar-refractivity contribution >= 4 is 27.7 Å². The lowest BCUT2D eigenvalue weighted by Crippen LogP contribution is -2.34. The number of hydrogen-bond donors (Lipinski definition) is 1. The zero-order chi connectivity index (χ0) is 12.3. The number of rotatable bonds is 4. The average Bonchev–Trinajstić information content (AvgIpc) is 2.22. The van der Waals surface area contributed by atoms with Gasteiger partial charge in [-0.25, -0.2) is 0 Å². The van der Waals surface area contributed by atoms with Crippen molar-refractivity contribution in [3.05, 3.63) is 20.7 Å². The smallest absolute Gasteiger partial charge is 0.265 e. The Morgan fingerprint density at radius 2 is 2.12 bits per heavy atom. The SMILES string of the molecule is Cn1[nH]c(=O)c(=O)nc1SCC(C)(C)CBr. The molecule has 0 bridgehead atoms. The maximum absolute atomic E-state index is 11.1. The highest BCUT2D eigenvalue weighted by molar-refractivity contribution is 9.09. The zero-order valence-corrected chi connectivity index (χ0v) is 11.8. The van der Waals surface area contributed by atoms with Crippen molar-refractivity contribution in [3.63, 3.8) is 0 Å². The summed E-state index contributed by atoms with van der Waals surface area (Å²) in [7, 11) is 1.66. The molecule has 0 aromatic carbocycles. The van der Waals surface area contributed by atoms with E-state index in [4.69, 9.17) is 0 Å². The van der Waals surface area contributed by atoms with E-state index in [1.54, 1.807) is 7.05 Å². The summed E-state index contributed by atoms with van der Waals surface area (Å²) in [5.74, 6) is 0.810. The summed E-state index contributed by atoms with van der Waals surface area (Å²) in [4.78, 5) is 25.8. The Morgan fingerprint density at radius 1 is 1.50 bits per heavy atom. The van der Waals surface area contributed by atoms with E-state index in [-0.39, 0.29) is 5.41 Å². The fourth-order valence-electron chi connectivity index (χ4n) is 0.888. The van der Waals surface area contributed by atoms with Gasteiger partial charge in [0.05, 0.1) is 0 Å². The van der Waals surface area contributed by atoms with Gasteiger partial charge < -0.3 is 0 Å². The highest BCUT2D eigenvalue weighted by atomic mass is 79.9. The van der Waals surface area contributed by atoms with Crippen LogP contribution >= 0.6 is 27.7 Å². The second-order valence-corrected chi connectivity index (χ2v) is 5.79. The van der Waals surface area contributed by atoms with E-state index in [1.165, 1.54) is 16.4 Å². The van der Waals surface area contributed by atoms with Crippen molar-refractivity contribution in [2.24, 2.45) is 12.5 Å². The molecule has 0 radical (unpaired) electrons. The summed E-state index contributed by atoms with van der Waals surface area (Å²) in [6.07, 6.45) is 0. The van der Waals surface area contributed by atoms with Crippen LogP contribution in [0.1, 0.15) is 13.8 Å². The second-order valence-electron chi connectivity index (χ2n) is 4.29. The first-order valence-corrected chi connectivity index (χ1v) is 6.82. The van der Waals surface area contributed by atoms with Gasteiger partial charge in [0.1, 0.15) is 0 Å². The number of alkyl halides is 1. The highest BCUT2D eigenvalue weighted by Crippen LogP contribution is 2.26. The monoisotopic (exact) mass is 307 g/mol. The summed E-state index contributed by atoms with van der Waals surface area (Å²) in [5.41, 5.74) is -1.32. The quantitative estimate of drug-likeness (QED) is 0.511. The van der Waals surface area contributed by atoms with E-state index in [0.29, 0.717) is 5.16 Å². The minimum absolute atomic E-state index is 0.110. The first-order chi connectivity index (χ1) is 7.35. The van der Waals surface area contributed by atoms with Crippen molar-refractivity contribution < 1.29 is 0 Å². The first-order valence-electron chi connectivity index (χ1n) is 4.72. The summed E-state index contributed by atoms with van der Waals surface area (Å²) < 4.78 is 1.47. The lowest BCUT2D eigenvalue weighted by molar-refractivity contribution is 0.493. The van der Waals surface area contributed by atoms with Gasteiger partial charge in [-0.3, -0.25) is 19.4 Å². The van der Waals surface area contributed by atoms with E-state index >= 15 is 0 Å². The van der Waals surface area contributed by atoms with E-state index in [2.05, 4.69) is 39.9 Å². The van der Waals surface area contributed by atoms with Gasteiger partial charge in [0.2, 0.25) is 0 Å². The average molecular weight is 308 g/mol. The van der Waals surface area contributed by atoms with Gasteiger partial charge in [-0.1, -0.05) is 41.5 Å². The first kappa shape index (κ1) is 13.5. The number of nitrogens with one attached hydrogen (secondary N) is 1. The molecule has 1 aromatic rings. The maximum atomic E-state index is 11.1. The third kappa shape index (κ3) is 3.48. The Kier molecular flexibility index (Phi) is 4.37. The van der Waals surface area contributed by atoms with Crippen LogP contribution in [0.2, 0.25) is 0 Å². The fourth-order valence-corrected chi connectivity index (χ4v) is 2.36. The molecular formula is C9H14BrN3O2S. The Hall–Kier alpha value is -0.560. The van der Waals surface area contributed by atoms with Crippen LogP contribution in [-0.4, -0.2) is 25.8 Å². The number of aromatic nitrogens is 3. The summed E-state index contributed by atoms with van der Waals surface area (Å²) in [5, 5.41) is 3.81. The predicted molar refractivity (Wildman–Crippen MR) is 68.4 cm³/mol. The zero-order valence-electron chi connectivity index (χ0n) is 9.41. The van der Waals surface area contributed by atoms with Gasteiger partial charge in [0.15, 0.2) is 5.16 Å². The second kappa shape index (κ2) is 5.18. The van der Waals surface area contributed by atoms with Gasteiger partial charge >= 0.3 is 11.1 Å². The fraction of sp³-hybridized carbons (Fsp3) is 0.667. The number of nitrogens with zero attached hydrogens (tertiary/aromatic N) is 2. The number of thioether (sulfide) groups is 1. The van der Waals surface area contributed by atoms with E-state index in [9.17, 15) is 9.59 Å². The highest BCUT2D eigenvalue weighted by Gasteiger charge is 2.17. The molecule has 7 heteroatoms. The molecule has 0 saturated heterocycles. The van der Waals surface area contributed by atoms with Gasteiger partial charge in [-0.05, 0) is 5.41 Å². The van der Waals surface area contributed by atoms with Crippen LogP contribution in [0.15, 0.2) is 14.7 Å². The largest absolute Gasteiger partial charge is 0.339 e. The summed E-state index contributed by atoms with van der Waals surface area (Å²) in [6, 6.07) is 0. The van der Waals surface area contributed by atoms with Gasteiger partial charge in [0, 0.05) is 18.1 Å². The molecule has 0 saturated carbocycles. The standard InChI is InChI=1S/C9H14BrN3O2S/c1-9(2,4-10)5-16-8-11-6(14)7(15)12-13(8)3/h4-5H2,1-3H3,(H,12,15). The number of halogens is 1. The molecule has 1 heterocycles. The third-order valence-corrected chi connectivity index (χ3v) is 4.97. The Labute approximate surface area is 106 Å². The lowest BCUT2D eigenvalue weighted by Gasteiger charge is -2.20. The normalized spacial score (nSPS) is 11.8. The third-order valence-electron chi connectivity index (χ3n) is 1.90. The van der Waals surface area contributed by atoms with Crippen LogP contribution in [0.4, 0.5) is 0 Å². The molecule has 0 fully saturated rings. The van der Waals surface area contributed by atoms with Gasteiger partial charge in [0.25, 0.3) is 0 Å². The van der Waals surface area contributed by atoms with Crippen LogP contribution in [-0.2, 0) is 7.05 Å². The number of aryl methyl sites for hydroxylation is 1. The Morgan fingerprint density at radius 3 is 2.69 bits per heavy atom.